The number of nitrogens with one attached hydrogen (secondary N) is 1. The average Bonchev–Trinajstić information content (AvgIpc) is 3.37. The van der Waals surface area contributed by atoms with Gasteiger partial charge < -0.3 is 19.0 Å². The Bertz CT molecular complexity index is 1560. The van der Waals surface area contributed by atoms with E-state index in [4.69, 9.17) is 18.9 Å². The number of anilines is 1. The Hall–Kier alpha value is -5.04. The Balaban J connectivity index is 1.56. The molecule has 184 valence electrons. The second-order valence-electron chi connectivity index (χ2n) is 8.18. The van der Waals surface area contributed by atoms with Gasteiger partial charge in [-0.1, -0.05) is 48.5 Å². The van der Waals surface area contributed by atoms with E-state index in [1.54, 1.807) is 43.5 Å². The Morgan fingerprint density at radius 1 is 0.784 bits per heavy atom. The number of carbonyl (C=O) groups is 1. The summed E-state index contributed by atoms with van der Waals surface area (Å²) in [5, 5.41) is 13.5. The molecule has 0 spiro atoms. The maximum Gasteiger partial charge on any atom is 0.258 e. The largest absolute Gasteiger partial charge is 0.507 e. The summed E-state index contributed by atoms with van der Waals surface area (Å²) in [5.41, 5.74) is 3.39. The number of phenols is 1. The molecule has 0 atom stereocenters. The van der Waals surface area contributed by atoms with Crippen LogP contribution in [0.3, 0.4) is 0 Å². The average molecular weight is 493 g/mol. The molecule has 0 aliphatic heterocycles. The van der Waals surface area contributed by atoms with Crippen LogP contribution in [0.25, 0.3) is 33.8 Å². The molecule has 0 saturated carbocycles. The van der Waals surface area contributed by atoms with Gasteiger partial charge in [0.2, 0.25) is 11.8 Å². The molecule has 4 aromatic carbocycles. The molecule has 0 aliphatic rings. The van der Waals surface area contributed by atoms with E-state index in [1.807, 2.05) is 54.6 Å². The first kappa shape index (κ1) is 23.7. The van der Waals surface area contributed by atoms with Gasteiger partial charge in [-0.15, -0.1) is 0 Å². The van der Waals surface area contributed by atoms with Crippen LogP contribution in [0.4, 0.5) is 5.88 Å². The van der Waals surface area contributed by atoms with E-state index in [0.29, 0.717) is 39.8 Å². The lowest BCUT2D eigenvalue weighted by Gasteiger charge is -2.12. The summed E-state index contributed by atoms with van der Waals surface area (Å²) in [6.45, 7) is 0. The van der Waals surface area contributed by atoms with Gasteiger partial charge in [-0.2, -0.15) is 0 Å². The smallest absolute Gasteiger partial charge is 0.258 e. The molecule has 1 aromatic heterocycles. The second-order valence-corrected chi connectivity index (χ2v) is 8.18. The quantitative estimate of drug-likeness (QED) is 0.264. The molecule has 37 heavy (non-hydrogen) atoms. The van der Waals surface area contributed by atoms with Crippen molar-refractivity contribution in [3.8, 4) is 51.1 Å². The monoisotopic (exact) mass is 492 g/mol. The van der Waals surface area contributed by atoms with Gasteiger partial charge in [0.15, 0.2) is 0 Å². The number of amides is 1. The van der Waals surface area contributed by atoms with Crippen molar-refractivity contribution in [3.63, 3.8) is 0 Å². The zero-order valence-electron chi connectivity index (χ0n) is 20.3. The van der Waals surface area contributed by atoms with Crippen LogP contribution in [-0.2, 0) is 0 Å². The summed E-state index contributed by atoms with van der Waals surface area (Å²) < 4.78 is 16.6. The molecule has 5 aromatic rings. The molecule has 1 amide bonds. The van der Waals surface area contributed by atoms with Gasteiger partial charge >= 0.3 is 0 Å². The predicted octanol–water partition coefficient (Wildman–Crippen LogP) is 6.65. The lowest BCUT2D eigenvalue weighted by atomic mass is 9.98. The van der Waals surface area contributed by atoms with Gasteiger partial charge in [-0.25, -0.2) is 4.98 Å². The third-order valence-electron chi connectivity index (χ3n) is 5.88. The highest BCUT2D eigenvalue weighted by Crippen LogP contribution is 2.37. The molecule has 5 rings (SSSR count). The number of oxazole rings is 1. The molecule has 2 N–H and O–H groups in total. The fraction of sp³-hybridized carbons (Fsp3) is 0.0667. The Labute approximate surface area is 214 Å². The van der Waals surface area contributed by atoms with E-state index in [2.05, 4.69) is 5.32 Å². The number of nitrogens with zero attached hydrogens (tertiary/aromatic N) is 1. The number of ether oxygens (including phenoxy) is 2. The molecule has 0 aliphatic carbocycles. The normalized spacial score (nSPS) is 10.6. The zero-order valence-corrected chi connectivity index (χ0v) is 20.3. The molecule has 0 radical (unpaired) electrons. The number of aromatic nitrogens is 1. The first-order valence-electron chi connectivity index (χ1n) is 11.6. The van der Waals surface area contributed by atoms with E-state index in [-0.39, 0.29) is 11.6 Å². The summed E-state index contributed by atoms with van der Waals surface area (Å²) in [7, 11) is 3.11. The first-order chi connectivity index (χ1) is 18.1. The summed E-state index contributed by atoms with van der Waals surface area (Å²) in [6.07, 6.45) is 0. The number of methoxy groups -OCH3 is 2. The van der Waals surface area contributed by atoms with E-state index in [1.165, 1.54) is 13.2 Å². The Morgan fingerprint density at radius 3 is 2.24 bits per heavy atom. The number of phenolic OH excluding ortho intramolecular Hbond substituents is 1. The summed E-state index contributed by atoms with van der Waals surface area (Å²) in [4.78, 5) is 18.3. The number of carbonyl (C=O) groups excluding carboxylic acids is 1. The van der Waals surface area contributed by atoms with Crippen molar-refractivity contribution in [1.29, 1.82) is 0 Å². The summed E-state index contributed by atoms with van der Waals surface area (Å²) >= 11 is 0. The third-order valence-corrected chi connectivity index (χ3v) is 5.88. The van der Waals surface area contributed by atoms with Crippen LogP contribution in [-0.4, -0.2) is 30.2 Å². The Kier molecular flexibility index (Phi) is 6.59. The molecule has 7 nitrogen and oxygen atoms in total. The maximum absolute atomic E-state index is 13.6. The molecule has 7 heteroatoms. The van der Waals surface area contributed by atoms with Crippen LogP contribution in [0.5, 0.6) is 17.2 Å². The van der Waals surface area contributed by atoms with E-state index in [9.17, 15) is 9.90 Å². The van der Waals surface area contributed by atoms with Crippen LogP contribution in [0, 0.1) is 0 Å². The molecular weight excluding hydrogens is 468 g/mol. The maximum atomic E-state index is 13.6. The second kappa shape index (κ2) is 10.3. The zero-order chi connectivity index (χ0) is 25.8. The first-order valence-corrected chi connectivity index (χ1v) is 11.6. The molecule has 0 fully saturated rings. The van der Waals surface area contributed by atoms with Gasteiger partial charge in [0, 0.05) is 28.3 Å². The van der Waals surface area contributed by atoms with E-state index < -0.39 is 5.91 Å². The van der Waals surface area contributed by atoms with Crippen LogP contribution in [0.2, 0.25) is 0 Å². The predicted molar refractivity (Wildman–Crippen MR) is 142 cm³/mol. The number of benzene rings is 4. The highest BCUT2D eigenvalue weighted by Gasteiger charge is 2.22. The number of rotatable bonds is 7. The van der Waals surface area contributed by atoms with Crippen LogP contribution in [0.15, 0.2) is 101 Å². The van der Waals surface area contributed by atoms with Gasteiger partial charge in [0.05, 0.1) is 14.2 Å². The van der Waals surface area contributed by atoms with Crippen molar-refractivity contribution < 1.29 is 23.8 Å². The van der Waals surface area contributed by atoms with Crippen LogP contribution in [0.1, 0.15) is 10.4 Å². The Morgan fingerprint density at radius 2 is 1.49 bits per heavy atom. The molecule has 0 bridgehead atoms. The minimum Gasteiger partial charge on any atom is -0.507 e. The van der Waals surface area contributed by atoms with Crippen LogP contribution < -0.4 is 14.8 Å². The minimum atomic E-state index is -0.411. The number of hydrogen-bond acceptors (Lipinski definition) is 6. The summed E-state index contributed by atoms with van der Waals surface area (Å²) in [5.74, 6) is 1.33. The SMILES string of the molecule is COc1cccc(-c2nc(-c3ccccc3)oc2NC(=O)c2ccccc2-c2ccc(OC)cc2O)c1. The van der Waals surface area contributed by atoms with Crippen molar-refractivity contribution in [2.24, 2.45) is 0 Å². The molecule has 0 saturated heterocycles. The standard InChI is InChI=1S/C30H24N2O5/c1-35-21-12-8-11-20(17-21)27-30(37-29(31-27)19-9-4-3-5-10-19)32-28(34)25-14-7-6-13-23(25)24-16-15-22(36-2)18-26(24)33/h3-18,33H,1-2H3,(H,32,34). The number of hydrogen-bond donors (Lipinski definition) is 2. The fourth-order valence-corrected chi connectivity index (χ4v) is 4.03. The fourth-order valence-electron chi connectivity index (χ4n) is 4.03. The molecule has 0 unspecified atom stereocenters. The lowest BCUT2D eigenvalue weighted by molar-refractivity contribution is 0.102. The topological polar surface area (TPSA) is 93.8 Å². The van der Waals surface area contributed by atoms with E-state index >= 15 is 0 Å². The van der Waals surface area contributed by atoms with E-state index in [0.717, 1.165) is 11.1 Å². The summed E-state index contributed by atoms with van der Waals surface area (Å²) in [6, 6.07) is 28.8. The van der Waals surface area contributed by atoms with Gasteiger partial charge in [-0.3, -0.25) is 10.1 Å². The van der Waals surface area contributed by atoms with Crippen molar-refractivity contribution in [1.82, 2.24) is 4.98 Å². The minimum absolute atomic E-state index is 0.00250. The van der Waals surface area contributed by atoms with Gasteiger partial charge in [0.1, 0.15) is 22.9 Å². The highest BCUT2D eigenvalue weighted by atomic mass is 16.5. The van der Waals surface area contributed by atoms with Crippen LogP contribution >= 0.6 is 0 Å². The van der Waals surface area contributed by atoms with Gasteiger partial charge in [-0.05, 0) is 48.0 Å². The lowest BCUT2D eigenvalue weighted by Crippen LogP contribution is -2.13. The third kappa shape index (κ3) is 4.88. The molecule has 1 heterocycles. The number of aromatic hydroxyl groups is 1. The highest BCUT2D eigenvalue weighted by molar-refractivity contribution is 6.09. The van der Waals surface area contributed by atoms with Gasteiger partial charge in [0.25, 0.3) is 5.91 Å². The van der Waals surface area contributed by atoms with Crippen molar-refractivity contribution in [2.75, 3.05) is 19.5 Å². The van der Waals surface area contributed by atoms with Crippen molar-refractivity contribution >= 4 is 11.8 Å². The van der Waals surface area contributed by atoms with Crippen molar-refractivity contribution in [2.45, 2.75) is 0 Å². The molecular formula is C30H24N2O5. The van der Waals surface area contributed by atoms with Crippen molar-refractivity contribution in [3.05, 3.63) is 103 Å².